The number of carbonyl (C=O) groups is 1. The fourth-order valence-electron chi connectivity index (χ4n) is 1.37. The fourth-order valence-corrected chi connectivity index (χ4v) is 1.37. The van der Waals surface area contributed by atoms with E-state index in [-0.39, 0.29) is 6.42 Å². The molecule has 0 fully saturated rings. The Morgan fingerprint density at radius 2 is 2.12 bits per heavy atom. The lowest BCUT2D eigenvalue weighted by Crippen LogP contribution is -2.15. The summed E-state index contributed by atoms with van der Waals surface area (Å²) in [5.74, 6) is 0.554. The van der Waals surface area contributed by atoms with Crippen LogP contribution in [0.4, 0.5) is 0 Å². The van der Waals surface area contributed by atoms with Crippen molar-refractivity contribution in [3.05, 3.63) is 11.7 Å². The Labute approximate surface area is 101 Å². The van der Waals surface area contributed by atoms with Crippen molar-refractivity contribution in [3.8, 4) is 0 Å². The Hall–Kier alpha value is -1.43. The molecule has 0 amide bonds. The Balaban J connectivity index is 2.23. The second kappa shape index (κ2) is 7.01. The molecule has 0 atom stereocenters. The normalized spacial score (nSPS) is 11.0. The molecule has 0 aliphatic rings. The first kappa shape index (κ1) is 13.6. The molecule has 1 N–H and O–H groups in total. The number of likely N-dealkylation sites (N-methyl/N-ethyl adjacent to an activating group) is 1. The first-order valence-corrected chi connectivity index (χ1v) is 5.76. The van der Waals surface area contributed by atoms with Crippen molar-refractivity contribution in [2.24, 2.45) is 0 Å². The third-order valence-electron chi connectivity index (χ3n) is 2.32. The van der Waals surface area contributed by atoms with E-state index in [1.165, 1.54) is 0 Å². The van der Waals surface area contributed by atoms with E-state index in [2.05, 4.69) is 15.0 Å². The number of nitrogens with zero attached hydrogens (tertiary/aromatic N) is 3. The number of aliphatic carboxylic acids is 1. The lowest BCUT2D eigenvalue weighted by atomic mass is 10.2. The van der Waals surface area contributed by atoms with E-state index in [4.69, 9.17) is 9.63 Å². The molecule has 96 valence electrons. The summed E-state index contributed by atoms with van der Waals surface area (Å²) in [6, 6.07) is 0. The highest BCUT2D eigenvalue weighted by atomic mass is 16.5. The van der Waals surface area contributed by atoms with Gasteiger partial charge in [0.1, 0.15) is 0 Å². The lowest BCUT2D eigenvalue weighted by molar-refractivity contribution is -0.137. The van der Waals surface area contributed by atoms with Gasteiger partial charge in [-0.25, -0.2) is 0 Å². The van der Waals surface area contributed by atoms with Crippen molar-refractivity contribution in [1.29, 1.82) is 0 Å². The molecule has 1 aromatic heterocycles. The maximum atomic E-state index is 10.3. The average molecular weight is 241 g/mol. The van der Waals surface area contributed by atoms with E-state index in [1.54, 1.807) is 0 Å². The van der Waals surface area contributed by atoms with E-state index in [0.29, 0.717) is 24.6 Å². The highest BCUT2D eigenvalue weighted by Crippen LogP contribution is 2.05. The number of aromatic nitrogens is 2. The number of hydrogen-bond donors (Lipinski definition) is 1. The Morgan fingerprint density at radius 3 is 2.76 bits per heavy atom. The largest absolute Gasteiger partial charge is 0.481 e. The molecule has 1 aromatic rings. The minimum absolute atomic E-state index is 0.196. The third-order valence-corrected chi connectivity index (χ3v) is 2.32. The van der Waals surface area contributed by atoms with Crippen molar-refractivity contribution < 1.29 is 14.4 Å². The van der Waals surface area contributed by atoms with Crippen LogP contribution in [0.25, 0.3) is 0 Å². The maximum absolute atomic E-state index is 10.3. The molecule has 0 saturated heterocycles. The number of unbranched alkanes of at least 4 members (excludes halogenated alkanes) is 1. The van der Waals surface area contributed by atoms with Gasteiger partial charge in [-0.1, -0.05) is 5.16 Å². The molecule has 6 heteroatoms. The van der Waals surface area contributed by atoms with Gasteiger partial charge >= 0.3 is 5.97 Å². The average Bonchev–Trinajstić information content (AvgIpc) is 2.69. The topological polar surface area (TPSA) is 79.5 Å². The zero-order chi connectivity index (χ0) is 12.7. The Bertz CT molecular complexity index is 349. The molecular weight excluding hydrogens is 222 g/mol. The molecule has 0 saturated carbocycles. The quantitative estimate of drug-likeness (QED) is 0.683. The molecule has 0 aliphatic carbocycles. The van der Waals surface area contributed by atoms with Crippen molar-refractivity contribution in [2.45, 2.75) is 32.1 Å². The summed E-state index contributed by atoms with van der Waals surface area (Å²) in [4.78, 5) is 16.6. The lowest BCUT2D eigenvalue weighted by Gasteiger charge is -2.05. The second-order valence-electron chi connectivity index (χ2n) is 4.26. The van der Waals surface area contributed by atoms with Crippen LogP contribution >= 0.6 is 0 Å². The van der Waals surface area contributed by atoms with Crippen molar-refractivity contribution in [2.75, 3.05) is 20.6 Å². The maximum Gasteiger partial charge on any atom is 0.303 e. The summed E-state index contributed by atoms with van der Waals surface area (Å²) in [6.45, 7) is 0.887. The van der Waals surface area contributed by atoms with E-state index >= 15 is 0 Å². The minimum Gasteiger partial charge on any atom is -0.481 e. The van der Waals surface area contributed by atoms with E-state index in [0.717, 1.165) is 19.4 Å². The summed E-state index contributed by atoms with van der Waals surface area (Å²) in [5, 5.41) is 12.4. The number of rotatable bonds is 8. The highest BCUT2D eigenvalue weighted by Gasteiger charge is 2.06. The van der Waals surface area contributed by atoms with E-state index in [9.17, 15) is 4.79 Å². The number of hydrogen-bond acceptors (Lipinski definition) is 5. The zero-order valence-electron chi connectivity index (χ0n) is 10.3. The van der Waals surface area contributed by atoms with Gasteiger partial charge in [0, 0.05) is 25.8 Å². The van der Waals surface area contributed by atoms with Crippen LogP contribution in [0, 0.1) is 0 Å². The first-order valence-electron chi connectivity index (χ1n) is 5.76. The summed E-state index contributed by atoms with van der Waals surface area (Å²) in [6.07, 6.45) is 3.03. The molecule has 1 heterocycles. The summed E-state index contributed by atoms with van der Waals surface area (Å²) in [5.41, 5.74) is 0. The molecule has 0 bridgehead atoms. The molecule has 0 aliphatic heterocycles. The van der Waals surface area contributed by atoms with Gasteiger partial charge in [-0.3, -0.25) is 4.79 Å². The molecule has 0 aromatic carbocycles. The van der Waals surface area contributed by atoms with Gasteiger partial charge in [0.15, 0.2) is 5.82 Å². The molecular formula is C11H19N3O3. The van der Waals surface area contributed by atoms with Crippen LogP contribution in [0.2, 0.25) is 0 Å². The molecule has 0 spiro atoms. The van der Waals surface area contributed by atoms with Crippen LogP contribution in [0.1, 0.15) is 31.0 Å². The first-order chi connectivity index (χ1) is 8.08. The fraction of sp³-hybridized carbons (Fsp3) is 0.727. The van der Waals surface area contributed by atoms with E-state index < -0.39 is 5.97 Å². The molecule has 0 unspecified atom stereocenters. The van der Waals surface area contributed by atoms with E-state index in [1.807, 2.05) is 14.1 Å². The predicted molar refractivity (Wildman–Crippen MR) is 61.7 cm³/mol. The standard InChI is InChI=1S/C11H19N3O3/c1-14(2)8-7-9-12-10(17-13-9)5-3-4-6-11(15)16/h3-8H2,1-2H3,(H,15,16). The van der Waals surface area contributed by atoms with Gasteiger partial charge in [0.05, 0.1) is 0 Å². The van der Waals surface area contributed by atoms with Gasteiger partial charge in [-0.15, -0.1) is 0 Å². The highest BCUT2D eigenvalue weighted by molar-refractivity contribution is 5.66. The van der Waals surface area contributed by atoms with Crippen LogP contribution in [0.5, 0.6) is 0 Å². The summed E-state index contributed by atoms with van der Waals surface area (Å²) < 4.78 is 5.08. The van der Waals surface area contributed by atoms with Gasteiger partial charge < -0.3 is 14.5 Å². The summed E-state index contributed by atoms with van der Waals surface area (Å²) in [7, 11) is 3.99. The molecule has 1 rings (SSSR count). The minimum atomic E-state index is -0.762. The third kappa shape index (κ3) is 6.01. The molecule has 0 radical (unpaired) electrons. The molecule has 17 heavy (non-hydrogen) atoms. The Morgan fingerprint density at radius 1 is 1.35 bits per heavy atom. The zero-order valence-corrected chi connectivity index (χ0v) is 10.3. The van der Waals surface area contributed by atoms with Gasteiger partial charge in [-0.2, -0.15) is 4.98 Å². The van der Waals surface area contributed by atoms with Crippen LogP contribution in [-0.4, -0.2) is 46.8 Å². The molecule has 6 nitrogen and oxygen atoms in total. The van der Waals surface area contributed by atoms with Crippen LogP contribution in [0.3, 0.4) is 0 Å². The van der Waals surface area contributed by atoms with Gasteiger partial charge in [0.2, 0.25) is 5.89 Å². The van der Waals surface area contributed by atoms with Crippen LogP contribution < -0.4 is 0 Å². The van der Waals surface area contributed by atoms with Gasteiger partial charge in [-0.05, 0) is 26.9 Å². The van der Waals surface area contributed by atoms with Crippen molar-refractivity contribution in [1.82, 2.24) is 15.0 Å². The van der Waals surface area contributed by atoms with Gasteiger partial charge in [0.25, 0.3) is 0 Å². The number of carboxylic acids is 1. The smallest absolute Gasteiger partial charge is 0.303 e. The van der Waals surface area contributed by atoms with Crippen LogP contribution in [0.15, 0.2) is 4.52 Å². The number of carboxylic acid groups (broad SMARTS) is 1. The van der Waals surface area contributed by atoms with Crippen molar-refractivity contribution >= 4 is 5.97 Å². The van der Waals surface area contributed by atoms with Crippen LogP contribution in [-0.2, 0) is 17.6 Å². The predicted octanol–water partition coefficient (Wildman–Crippen LogP) is 0.971. The summed E-state index contributed by atoms with van der Waals surface area (Å²) >= 11 is 0. The Kier molecular flexibility index (Phi) is 5.62. The number of aryl methyl sites for hydroxylation is 1. The SMILES string of the molecule is CN(C)CCc1noc(CCCCC(=O)O)n1. The second-order valence-corrected chi connectivity index (χ2v) is 4.26. The van der Waals surface area contributed by atoms with Crippen molar-refractivity contribution in [3.63, 3.8) is 0 Å². The monoisotopic (exact) mass is 241 g/mol.